The molecule has 0 atom stereocenters. The van der Waals surface area contributed by atoms with Crippen LogP contribution in [-0.2, 0) is 17.8 Å². The topological polar surface area (TPSA) is 54.0 Å². The highest BCUT2D eigenvalue weighted by molar-refractivity contribution is 7.13. The van der Waals surface area contributed by atoms with E-state index in [-0.39, 0.29) is 18.1 Å². The van der Waals surface area contributed by atoms with E-state index in [0.717, 1.165) is 11.3 Å². The van der Waals surface area contributed by atoms with Crippen LogP contribution in [0.15, 0.2) is 53.9 Å². The monoisotopic (exact) mass is 375 g/mol. The maximum Gasteiger partial charge on any atom is 0.226 e. The number of anilines is 2. The lowest BCUT2D eigenvalue weighted by Crippen LogP contribution is -2.24. The van der Waals surface area contributed by atoms with Crippen LogP contribution in [0, 0.1) is 5.82 Å². The van der Waals surface area contributed by atoms with Crippen LogP contribution in [0.5, 0.6) is 0 Å². The Hall–Kier alpha value is -2.44. The molecule has 0 bridgehead atoms. The van der Waals surface area contributed by atoms with Crippen molar-refractivity contribution in [3.05, 3.63) is 76.0 Å². The van der Waals surface area contributed by atoms with Crippen LogP contribution in [0.3, 0.4) is 0 Å². The Bertz CT molecular complexity index is 867. The van der Waals surface area contributed by atoms with E-state index in [4.69, 9.17) is 11.6 Å². The van der Waals surface area contributed by atoms with Crippen molar-refractivity contribution in [2.24, 2.45) is 0 Å². The Kier molecular flexibility index (Phi) is 5.63. The molecule has 0 aliphatic rings. The number of carbonyl (C=O) groups is 1. The van der Waals surface area contributed by atoms with E-state index in [1.807, 2.05) is 23.6 Å². The molecule has 0 unspecified atom stereocenters. The number of amides is 1. The second kappa shape index (κ2) is 8.09. The highest BCUT2D eigenvalue weighted by Crippen LogP contribution is 2.21. The van der Waals surface area contributed by atoms with Crippen molar-refractivity contribution in [3.63, 3.8) is 0 Å². The van der Waals surface area contributed by atoms with Gasteiger partial charge in [0.2, 0.25) is 5.91 Å². The van der Waals surface area contributed by atoms with Crippen LogP contribution < -0.4 is 10.6 Å². The first-order valence-corrected chi connectivity index (χ1v) is 8.83. The first-order chi connectivity index (χ1) is 12.1. The minimum Gasteiger partial charge on any atom is -0.352 e. The third kappa shape index (κ3) is 5.01. The number of halogens is 2. The first kappa shape index (κ1) is 17.4. The zero-order valence-corrected chi connectivity index (χ0v) is 14.7. The van der Waals surface area contributed by atoms with Gasteiger partial charge in [0.1, 0.15) is 5.82 Å². The molecule has 0 saturated carbocycles. The first-order valence-electron chi connectivity index (χ1n) is 7.57. The molecule has 2 N–H and O–H groups in total. The summed E-state index contributed by atoms with van der Waals surface area (Å²) in [5, 5.41) is 9.01. The van der Waals surface area contributed by atoms with E-state index in [2.05, 4.69) is 15.6 Å². The van der Waals surface area contributed by atoms with Crippen molar-refractivity contribution >= 4 is 39.7 Å². The quantitative estimate of drug-likeness (QED) is 0.665. The lowest BCUT2D eigenvalue weighted by Gasteiger charge is -2.06. The van der Waals surface area contributed by atoms with Crippen LogP contribution >= 0.6 is 22.9 Å². The summed E-state index contributed by atoms with van der Waals surface area (Å²) in [4.78, 5) is 16.4. The second-order valence-electron chi connectivity index (χ2n) is 5.32. The minimum absolute atomic E-state index is 0.126. The van der Waals surface area contributed by atoms with Gasteiger partial charge in [-0.3, -0.25) is 4.79 Å². The minimum atomic E-state index is -0.291. The van der Waals surface area contributed by atoms with Crippen LogP contribution in [0.2, 0.25) is 5.02 Å². The average molecular weight is 376 g/mol. The van der Waals surface area contributed by atoms with Gasteiger partial charge in [0, 0.05) is 22.6 Å². The van der Waals surface area contributed by atoms with Crippen molar-refractivity contribution < 1.29 is 9.18 Å². The van der Waals surface area contributed by atoms with Gasteiger partial charge in [-0.25, -0.2) is 9.37 Å². The number of benzene rings is 2. The van der Waals surface area contributed by atoms with Gasteiger partial charge < -0.3 is 10.6 Å². The summed E-state index contributed by atoms with van der Waals surface area (Å²) in [6.45, 7) is 0.378. The number of carbonyl (C=O) groups excluding carboxylic acids is 1. The summed E-state index contributed by atoms with van der Waals surface area (Å²) in [6.07, 6.45) is 0.187. The van der Waals surface area contributed by atoms with Crippen molar-refractivity contribution in [1.82, 2.24) is 10.3 Å². The van der Waals surface area contributed by atoms with Gasteiger partial charge in [0.05, 0.1) is 12.1 Å². The van der Waals surface area contributed by atoms with Gasteiger partial charge in [-0.1, -0.05) is 29.8 Å². The Labute approximate surface area is 153 Å². The zero-order chi connectivity index (χ0) is 17.6. The summed E-state index contributed by atoms with van der Waals surface area (Å²) in [6, 6.07) is 13.4. The number of aromatic nitrogens is 1. The van der Waals surface area contributed by atoms with Gasteiger partial charge in [-0.05, 0) is 35.9 Å². The van der Waals surface area contributed by atoms with E-state index < -0.39 is 0 Å². The highest BCUT2D eigenvalue weighted by Gasteiger charge is 2.09. The summed E-state index contributed by atoms with van der Waals surface area (Å²) in [5.74, 6) is -0.417. The molecule has 1 aromatic heterocycles. The summed E-state index contributed by atoms with van der Waals surface area (Å²) in [7, 11) is 0. The van der Waals surface area contributed by atoms with Crippen LogP contribution in [-0.4, -0.2) is 10.9 Å². The molecule has 4 nitrogen and oxygen atoms in total. The second-order valence-corrected chi connectivity index (χ2v) is 6.59. The summed E-state index contributed by atoms with van der Waals surface area (Å²) in [5.41, 5.74) is 2.28. The van der Waals surface area contributed by atoms with Crippen molar-refractivity contribution in [3.8, 4) is 0 Å². The van der Waals surface area contributed by atoms with Gasteiger partial charge in [0.25, 0.3) is 0 Å². The van der Waals surface area contributed by atoms with E-state index in [0.29, 0.717) is 22.4 Å². The molecule has 0 aliphatic heterocycles. The van der Waals surface area contributed by atoms with Crippen molar-refractivity contribution in [2.45, 2.75) is 13.0 Å². The lowest BCUT2D eigenvalue weighted by molar-refractivity contribution is -0.120. The molecule has 1 heterocycles. The molecule has 0 aliphatic carbocycles. The van der Waals surface area contributed by atoms with Crippen LogP contribution in [0.4, 0.5) is 15.2 Å². The molecule has 3 aromatic rings. The predicted octanol–water partition coefficient (Wildman–Crippen LogP) is 4.54. The fourth-order valence-corrected chi connectivity index (χ4v) is 3.10. The SMILES string of the molecule is O=C(Cc1csc(Nc2ccc(F)cc2)n1)NCc1ccccc1Cl. The third-order valence-corrected chi connectivity index (χ3v) is 4.60. The number of nitrogens with zero attached hydrogens (tertiary/aromatic N) is 1. The molecule has 0 spiro atoms. The molecular formula is C18H15ClFN3OS. The Balaban J connectivity index is 1.53. The van der Waals surface area contributed by atoms with Crippen LogP contribution in [0.25, 0.3) is 0 Å². The van der Waals surface area contributed by atoms with Gasteiger partial charge >= 0.3 is 0 Å². The summed E-state index contributed by atoms with van der Waals surface area (Å²) >= 11 is 7.45. The van der Waals surface area contributed by atoms with Crippen molar-refractivity contribution in [1.29, 1.82) is 0 Å². The number of thiazole rings is 1. The number of rotatable bonds is 6. The zero-order valence-electron chi connectivity index (χ0n) is 13.1. The maximum atomic E-state index is 12.9. The predicted molar refractivity (Wildman–Crippen MR) is 98.8 cm³/mol. The molecule has 25 heavy (non-hydrogen) atoms. The maximum absolute atomic E-state index is 12.9. The van der Waals surface area contributed by atoms with Crippen molar-refractivity contribution in [2.75, 3.05) is 5.32 Å². The highest BCUT2D eigenvalue weighted by atomic mass is 35.5. The Morgan fingerprint density at radius 3 is 2.68 bits per heavy atom. The standard InChI is InChI=1S/C18H15ClFN3OS/c19-16-4-2-1-3-12(16)10-21-17(24)9-15-11-25-18(23-15)22-14-7-5-13(20)6-8-14/h1-8,11H,9-10H2,(H,21,24)(H,22,23). The molecule has 0 fully saturated rings. The smallest absolute Gasteiger partial charge is 0.226 e. The Morgan fingerprint density at radius 1 is 1.16 bits per heavy atom. The number of hydrogen-bond acceptors (Lipinski definition) is 4. The summed E-state index contributed by atoms with van der Waals surface area (Å²) < 4.78 is 12.9. The molecule has 1 amide bonds. The fourth-order valence-electron chi connectivity index (χ4n) is 2.16. The van der Waals surface area contributed by atoms with E-state index in [1.165, 1.54) is 23.5 Å². The molecular weight excluding hydrogens is 361 g/mol. The molecule has 2 aromatic carbocycles. The normalized spacial score (nSPS) is 10.5. The fraction of sp³-hybridized carbons (Fsp3) is 0.111. The third-order valence-electron chi connectivity index (χ3n) is 3.42. The molecule has 0 saturated heterocycles. The Morgan fingerprint density at radius 2 is 1.92 bits per heavy atom. The van der Waals surface area contributed by atoms with Gasteiger partial charge in [-0.2, -0.15) is 0 Å². The molecule has 3 rings (SSSR count). The van der Waals surface area contributed by atoms with Gasteiger partial charge in [-0.15, -0.1) is 11.3 Å². The van der Waals surface area contributed by atoms with Gasteiger partial charge in [0.15, 0.2) is 5.13 Å². The average Bonchev–Trinajstić information content (AvgIpc) is 3.03. The lowest BCUT2D eigenvalue weighted by atomic mass is 10.2. The number of nitrogens with one attached hydrogen (secondary N) is 2. The molecule has 128 valence electrons. The molecule has 7 heteroatoms. The molecule has 0 radical (unpaired) electrons. The number of hydrogen-bond donors (Lipinski definition) is 2. The largest absolute Gasteiger partial charge is 0.352 e. The van der Waals surface area contributed by atoms with E-state index in [1.54, 1.807) is 18.2 Å². The van der Waals surface area contributed by atoms with Crippen LogP contribution in [0.1, 0.15) is 11.3 Å². The van der Waals surface area contributed by atoms with E-state index in [9.17, 15) is 9.18 Å². The van der Waals surface area contributed by atoms with E-state index >= 15 is 0 Å².